The minimum absolute atomic E-state index is 0.0279. The van der Waals surface area contributed by atoms with Crippen LogP contribution in [0.1, 0.15) is 11.3 Å². The summed E-state index contributed by atoms with van der Waals surface area (Å²) < 4.78 is 44.5. The molecule has 0 aliphatic carbocycles. The minimum atomic E-state index is -4.43. The van der Waals surface area contributed by atoms with Gasteiger partial charge in [-0.3, -0.25) is 4.79 Å². The van der Waals surface area contributed by atoms with Gasteiger partial charge in [0.15, 0.2) is 6.61 Å². The summed E-state index contributed by atoms with van der Waals surface area (Å²) in [5.41, 5.74) is 1.12. The van der Waals surface area contributed by atoms with Crippen molar-refractivity contribution in [1.82, 2.24) is 14.3 Å². The Hall–Kier alpha value is -2.45. The third kappa shape index (κ3) is 4.05. The SMILES string of the molecule is Cc1nn(C)c(OCC(F)(F)F)c1CNc1cccn(C)c1=O. The van der Waals surface area contributed by atoms with Gasteiger partial charge < -0.3 is 14.6 Å². The standard InChI is InChI=1S/C14H17F3N4O2/c1-9-10(7-18-11-5-4-6-20(2)12(11)22)13(21(3)19-9)23-8-14(15,16)17/h4-6,18H,7-8H2,1-3H3. The highest BCUT2D eigenvalue weighted by Gasteiger charge is 2.30. The highest BCUT2D eigenvalue weighted by Crippen LogP contribution is 2.25. The first-order valence-corrected chi connectivity index (χ1v) is 6.80. The van der Waals surface area contributed by atoms with Crippen LogP contribution in [0.4, 0.5) is 18.9 Å². The van der Waals surface area contributed by atoms with Crippen molar-refractivity contribution in [2.45, 2.75) is 19.6 Å². The Bertz CT molecular complexity index is 749. The van der Waals surface area contributed by atoms with E-state index in [1.165, 1.54) is 16.3 Å². The van der Waals surface area contributed by atoms with Gasteiger partial charge in [0, 0.05) is 26.8 Å². The maximum absolute atomic E-state index is 12.3. The van der Waals surface area contributed by atoms with Crippen molar-refractivity contribution in [2.24, 2.45) is 14.1 Å². The van der Waals surface area contributed by atoms with Crippen molar-refractivity contribution in [2.75, 3.05) is 11.9 Å². The molecule has 0 bridgehead atoms. The third-order valence-electron chi connectivity index (χ3n) is 3.24. The van der Waals surface area contributed by atoms with Gasteiger partial charge in [-0.25, -0.2) is 4.68 Å². The largest absolute Gasteiger partial charge is 0.468 e. The second kappa shape index (κ2) is 6.35. The van der Waals surface area contributed by atoms with Gasteiger partial charge in [-0.1, -0.05) is 0 Å². The molecule has 2 aromatic heterocycles. The van der Waals surface area contributed by atoms with Gasteiger partial charge in [-0.15, -0.1) is 0 Å². The molecule has 0 saturated carbocycles. The van der Waals surface area contributed by atoms with Crippen LogP contribution in [-0.2, 0) is 20.6 Å². The average molecular weight is 330 g/mol. The topological polar surface area (TPSA) is 61.1 Å². The van der Waals surface area contributed by atoms with Crippen molar-refractivity contribution >= 4 is 5.69 Å². The van der Waals surface area contributed by atoms with E-state index in [2.05, 4.69) is 10.4 Å². The molecule has 0 aliphatic rings. The predicted molar refractivity (Wildman–Crippen MR) is 78.5 cm³/mol. The molecule has 0 spiro atoms. The van der Waals surface area contributed by atoms with Crippen LogP contribution in [0.5, 0.6) is 5.88 Å². The van der Waals surface area contributed by atoms with Gasteiger partial charge in [0.25, 0.3) is 5.56 Å². The minimum Gasteiger partial charge on any atom is -0.468 e. The maximum Gasteiger partial charge on any atom is 0.422 e. The second-order valence-electron chi connectivity index (χ2n) is 5.09. The van der Waals surface area contributed by atoms with Gasteiger partial charge in [0.1, 0.15) is 5.69 Å². The quantitative estimate of drug-likeness (QED) is 0.911. The summed E-state index contributed by atoms with van der Waals surface area (Å²) in [7, 11) is 3.12. The van der Waals surface area contributed by atoms with Gasteiger partial charge in [0.05, 0.1) is 11.3 Å². The molecule has 0 aliphatic heterocycles. The molecule has 126 valence electrons. The molecular formula is C14H17F3N4O2. The van der Waals surface area contributed by atoms with Crippen LogP contribution in [-0.4, -0.2) is 27.1 Å². The number of aryl methyl sites for hydroxylation is 3. The van der Waals surface area contributed by atoms with E-state index in [0.717, 1.165) is 0 Å². The Morgan fingerprint density at radius 3 is 2.70 bits per heavy atom. The molecule has 0 unspecified atom stereocenters. The highest BCUT2D eigenvalue weighted by molar-refractivity contribution is 5.43. The third-order valence-corrected chi connectivity index (χ3v) is 3.24. The fourth-order valence-electron chi connectivity index (χ4n) is 2.13. The maximum atomic E-state index is 12.3. The molecule has 23 heavy (non-hydrogen) atoms. The first-order valence-electron chi connectivity index (χ1n) is 6.80. The molecule has 0 fully saturated rings. The van der Waals surface area contributed by atoms with E-state index in [9.17, 15) is 18.0 Å². The van der Waals surface area contributed by atoms with E-state index in [1.807, 2.05) is 0 Å². The summed E-state index contributed by atoms with van der Waals surface area (Å²) in [5, 5.41) is 6.98. The summed E-state index contributed by atoms with van der Waals surface area (Å²) in [6.07, 6.45) is -2.82. The fraction of sp³-hybridized carbons (Fsp3) is 0.429. The molecule has 0 aromatic carbocycles. The molecule has 2 aromatic rings. The zero-order valence-corrected chi connectivity index (χ0v) is 12.9. The molecule has 0 amide bonds. The van der Waals surface area contributed by atoms with Crippen molar-refractivity contribution in [3.63, 3.8) is 0 Å². The molecule has 2 rings (SSSR count). The van der Waals surface area contributed by atoms with Crippen LogP contribution >= 0.6 is 0 Å². The lowest BCUT2D eigenvalue weighted by molar-refractivity contribution is -0.154. The lowest BCUT2D eigenvalue weighted by Gasteiger charge is -2.12. The number of hydrogen-bond acceptors (Lipinski definition) is 4. The normalized spacial score (nSPS) is 11.6. The number of rotatable bonds is 5. The van der Waals surface area contributed by atoms with Crippen molar-refractivity contribution in [3.8, 4) is 5.88 Å². The van der Waals surface area contributed by atoms with Crippen LogP contribution in [0.2, 0.25) is 0 Å². The lowest BCUT2D eigenvalue weighted by atomic mass is 10.2. The Morgan fingerprint density at radius 1 is 1.35 bits per heavy atom. The summed E-state index contributed by atoms with van der Waals surface area (Å²) in [6, 6.07) is 3.30. The fourth-order valence-corrected chi connectivity index (χ4v) is 2.13. The summed E-state index contributed by atoms with van der Waals surface area (Å²) in [4.78, 5) is 11.9. The zero-order chi connectivity index (χ0) is 17.2. The number of halogens is 3. The second-order valence-corrected chi connectivity index (χ2v) is 5.09. The van der Waals surface area contributed by atoms with E-state index >= 15 is 0 Å². The van der Waals surface area contributed by atoms with E-state index in [-0.39, 0.29) is 18.0 Å². The zero-order valence-electron chi connectivity index (χ0n) is 12.9. The number of ether oxygens (including phenoxy) is 1. The number of pyridine rings is 1. The van der Waals surface area contributed by atoms with Crippen LogP contribution in [0.25, 0.3) is 0 Å². The number of nitrogens with one attached hydrogen (secondary N) is 1. The van der Waals surface area contributed by atoms with Gasteiger partial charge >= 0.3 is 6.18 Å². The monoisotopic (exact) mass is 330 g/mol. The number of aromatic nitrogens is 3. The summed E-state index contributed by atoms with van der Waals surface area (Å²) in [6.45, 7) is 0.402. The highest BCUT2D eigenvalue weighted by atomic mass is 19.4. The first kappa shape index (κ1) is 16.9. The summed E-state index contributed by atoms with van der Waals surface area (Å²) in [5.74, 6) is 0.0279. The van der Waals surface area contributed by atoms with Crippen LogP contribution in [0.15, 0.2) is 23.1 Å². The Kier molecular flexibility index (Phi) is 4.67. The number of alkyl halides is 3. The van der Waals surface area contributed by atoms with Crippen molar-refractivity contribution < 1.29 is 17.9 Å². The Balaban J connectivity index is 2.19. The van der Waals surface area contributed by atoms with E-state index in [0.29, 0.717) is 16.9 Å². The smallest absolute Gasteiger partial charge is 0.422 e. The van der Waals surface area contributed by atoms with E-state index < -0.39 is 12.8 Å². The number of nitrogens with zero attached hydrogens (tertiary/aromatic N) is 3. The van der Waals surface area contributed by atoms with E-state index in [4.69, 9.17) is 4.74 Å². The molecule has 0 saturated heterocycles. The van der Waals surface area contributed by atoms with Gasteiger partial charge in [0.2, 0.25) is 5.88 Å². The Labute approximate surface area is 130 Å². The van der Waals surface area contributed by atoms with Gasteiger partial charge in [-0.05, 0) is 19.1 Å². The van der Waals surface area contributed by atoms with E-state index in [1.54, 1.807) is 32.3 Å². The molecule has 2 heterocycles. The average Bonchev–Trinajstić information content (AvgIpc) is 2.71. The molecular weight excluding hydrogens is 313 g/mol. The van der Waals surface area contributed by atoms with Crippen LogP contribution in [0, 0.1) is 6.92 Å². The predicted octanol–water partition coefficient (Wildman–Crippen LogP) is 1.98. The first-order chi connectivity index (χ1) is 10.7. The van der Waals surface area contributed by atoms with Crippen molar-refractivity contribution in [3.05, 3.63) is 39.9 Å². The summed E-state index contributed by atoms with van der Waals surface area (Å²) >= 11 is 0. The molecule has 0 atom stereocenters. The molecule has 1 N–H and O–H groups in total. The molecule has 0 radical (unpaired) electrons. The lowest BCUT2D eigenvalue weighted by Crippen LogP contribution is -2.22. The molecule has 6 nitrogen and oxygen atoms in total. The van der Waals surface area contributed by atoms with Crippen molar-refractivity contribution in [1.29, 1.82) is 0 Å². The number of anilines is 1. The van der Waals surface area contributed by atoms with Crippen LogP contribution in [0.3, 0.4) is 0 Å². The Morgan fingerprint density at radius 2 is 2.04 bits per heavy atom. The molecule has 9 heteroatoms. The van der Waals surface area contributed by atoms with Crippen LogP contribution < -0.4 is 15.6 Å². The number of hydrogen-bond donors (Lipinski definition) is 1. The van der Waals surface area contributed by atoms with Gasteiger partial charge in [-0.2, -0.15) is 18.3 Å².